The molecule has 0 radical (unpaired) electrons. The number of aromatic nitrogens is 4. The lowest BCUT2D eigenvalue weighted by molar-refractivity contribution is 0.101. The Morgan fingerprint density at radius 2 is 1.79 bits per heavy atom. The van der Waals surface area contributed by atoms with Crippen LogP contribution in [0.5, 0.6) is 0 Å². The van der Waals surface area contributed by atoms with E-state index in [0.717, 1.165) is 12.1 Å². The van der Waals surface area contributed by atoms with Gasteiger partial charge in [0.1, 0.15) is 17.2 Å². The molecule has 0 amide bonds. The van der Waals surface area contributed by atoms with E-state index in [1.165, 1.54) is 23.8 Å². The van der Waals surface area contributed by atoms with E-state index < -0.39 is 21.5 Å². The molecule has 170 valence electrons. The molecule has 0 unspecified atom stereocenters. The average molecular weight is 472 g/mol. The van der Waals surface area contributed by atoms with Crippen LogP contribution in [0.15, 0.2) is 30.6 Å². The number of benzene rings is 1. The molecule has 0 atom stereocenters. The molecule has 9 nitrogen and oxygen atoms in total. The molecule has 2 N–H and O–H groups in total. The highest BCUT2D eigenvalue weighted by Crippen LogP contribution is 2.32. The van der Waals surface area contributed by atoms with E-state index in [0.29, 0.717) is 22.2 Å². The second-order valence-corrected chi connectivity index (χ2v) is 10.2. The van der Waals surface area contributed by atoms with Gasteiger partial charge in [-0.25, -0.2) is 22.2 Å². The molecule has 3 aromatic heterocycles. The van der Waals surface area contributed by atoms with E-state index in [-0.39, 0.29) is 53.1 Å². The number of Topliss-reactive ketones (excluding diaryl/α,β-unsaturated/α-hetero) is 1. The Bertz CT molecular complexity index is 1550. The van der Waals surface area contributed by atoms with Gasteiger partial charge in [0, 0.05) is 41.9 Å². The Morgan fingerprint density at radius 3 is 2.48 bits per heavy atom. The number of hydrogen-bond acceptors (Lipinski definition) is 8. The number of nitrogen functional groups attached to an aromatic ring is 1. The molecule has 4 heterocycles. The largest absolute Gasteiger partial charge is 0.383 e. The molecule has 1 aliphatic heterocycles. The van der Waals surface area contributed by atoms with Gasteiger partial charge in [-0.05, 0) is 19.1 Å². The molecule has 1 aromatic carbocycles. The van der Waals surface area contributed by atoms with Crippen molar-refractivity contribution in [2.24, 2.45) is 0 Å². The van der Waals surface area contributed by atoms with Gasteiger partial charge in [0.25, 0.3) is 0 Å². The van der Waals surface area contributed by atoms with Crippen LogP contribution in [0.25, 0.3) is 27.7 Å². The third-order valence-electron chi connectivity index (χ3n) is 5.69. The molecule has 0 bridgehead atoms. The standard InChI is InChI=1S/C21H18F2N6O3S/c1-11(30)18-19(24)29-20(27-21(18)28-2-4-33(31,32)5-3-28)14(10-26-29)13-6-12-7-15(22)16(23)8-17(12)25-9-13/h6-10H,2-5,24H2,1H3. The number of pyridine rings is 1. The Balaban J connectivity index is 1.69. The van der Waals surface area contributed by atoms with Crippen molar-refractivity contribution < 1.29 is 22.0 Å². The fourth-order valence-electron chi connectivity index (χ4n) is 3.97. The number of carbonyl (C=O) groups excluding carboxylic acids is 1. The minimum Gasteiger partial charge on any atom is -0.383 e. The number of halogens is 2. The number of hydrogen-bond donors (Lipinski definition) is 1. The molecule has 12 heteroatoms. The van der Waals surface area contributed by atoms with Crippen molar-refractivity contribution in [1.29, 1.82) is 0 Å². The van der Waals surface area contributed by atoms with E-state index in [2.05, 4.69) is 15.1 Å². The first-order valence-corrected chi connectivity index (χ1v) is 11.9. The summed E-state index contributed by atoms with van der Waals surface area (Å²) in [5.41, 5.74) is 8.11. The lowest BCUT2D eigenvalue weighted by Gasteiger charge is -2.29. The third-order valence-corrected chi connectivity index (χ3v) is 7.30. The van der Waals surface area contributed by atoms with Crippen LogP contribution in [0.1, 0.15) is 17.3 Å². The quantitative estimate of drug-likeness (QED) is 0.451. The van der Waals surface area contributed by atoms with Gasteiger partial charge >= 0.3 is 0 Å². The molecule has 0 saturated carbocycles. The molecular weight excluding hydrogens is 454 g/mol. The van der Waals surface area contributed by atoms with Crippen molar-refractivity contribution in [1.82, 2.24) is 19.6 Å². The predicted octanol–water partition coefficient (Wildman–Crippen LogP) is 2.24. The van der Waals surface area contributed by atoms with E-state index >= 15 is 0 Å². The van der Waals surface area contributed by atoms with E-state index in [1.807, 2.05) is 0 Å². The SMILES string of the molecule is CC(=O)c1c(N2CCS(=O)(=O)CC2)nc2c(-c3cnc4cc(F)c(F)cc4c3)cnn2c1N. The van der Waals surface area contributed by atoms with Crippen LogP contribution < -0.4 is 10.6 Å². The van der Waals surface area contributed by atoms with Crippen LogP contribution in [0.4, 0.5) is 20.4 Å². The first-order valence-electron chi connectivity index (χ1n) is 10.0. The molecule has 4 aromatic rings. The van der Waals surface area contributed by atoms with E-state index in [9.17, 15) is 22.0 Å². The lowest BCUT2D eigenvalue weighted by Crippen LogP contribution is -2.41. The van der Waals surface area contributed by atoms with Gasteiger partial charge in [-0.2, -0.15) is 9.61 Å². The maximum atomic E-state index is 13.7. The molecule has 1 saturated heterocycles. The summed E-state index contributed by atoms with van der Waals surface area (Å²) in [7, 11) is -3.15. The average Bonchev–Trinajstić information content (AvgIpc) is 3.18. The summed E-state index contributed by atoms with van der Waals surface area (Å²) in [6.07, 6.45) is 2.98. The van der Waals surface area contributed by atoms with Crippen LogP contribution >= 0.6 is 0 Å². The zero-order valence-corrected chi connectivity index (χ0v) is 18.2. The van der Waals surface area contributed by atoms with E-state index in [1.54, 1.807) is 11.0 Å². The van der Waals surface area contributed by atoms with Crippen molar-refractivity contribution in [2.45, 2.75) is 6.92 Å². The fraction of sp³-hybridized carbons (Fsp3) is 0.238. The molecule has 1 aliphatic rings. The van der Waals surface area contributed by atoms with E-state index in [4.69, 9.17) is 5.73 Å². The highest BCUT2D eigenvalue weighted by Gasteiger charge is 2.28. The molecule has 0 aliphatic carbocycles. The van der Waals surface area contributed by atoms with Crippen molar-refractivity contribution in [3.8, 4) is 11.1 Å². The number of carbonyl (C=O) groups is 1. The van der Waals surface area contributed by atoms with Crippen LogP contribution in [0.3, 0.4) is 0 Å². The highest BCUT2D eigenvalue weighted by atomic mass is 32.2. The summed E-state index contributed by atoms with van der Waals surface area (Å²) in [6.45, 7) is 1.71. The van der Waals surface area contributed by atoms with Crippen LogP contribution in [-0.4, -0.2) is 58.4 Å². The predicted molar refractivity (Wildman–Crippen MR) is 119 cm³/mol. The molecule has 1 fully saturated rings. The van der Waals surface area contributed by atoms with Gasteiger partial charge in [-0.3, -0.25) is 9.78 Å². The number of ketones is 1. The Hall–Kier alpha value is -3.67. The minimum atomic E-state index is -3.15. The normalized spacial score (nSPS) is 15.9. The van der Waals surface area contributed by atoms with Gasteiger partial charge in [0.05, 0.1) is 23.2 Å². The smallest absolute Gasteiger partial charge is 0.167 e. The summed E-state index contributed by atoms with van der Waals surface area (Å²) < 4.78 is 52.3. The lowest BCUT2D eigenvalue weighted by atomic mass is 10.1. The maximum Gasteiger partial charge on any atom is 0.167 e. The first-order chi connectivity index (χ1) is 15.6. The van der Waals surface area contributed by atoms with Gasteiger partial charge in [0.2, 0.25) is 0 Å². The van der Waals surface area contributed by atoms with Gasteiger partial charge < -0.3 is 10.6 Å². The zero-order chi connectivity index (χ0) is 23.5. The molecule has 33 heavy (non-hydrogen) atoms. The number of anilines is 2. The minimum absolute atomic E-state index is 0.0556. The number of sulfone groups is 1. The third kappa shape index (κ3) is 3.55. The van der Waals surface area contributed by atoms with Gasteiger partial charge in [-0.15, -0.1) is 0 Å². The summed E-state index contributed by atoms with van der Waals surface area (Å²) in [6, 6.07) is 3.70. The van der Waals surface area contributed by atoms with Crippen molar-refractivity contribution in [3.63, 3.8) is 0 Å². The van der Waals surface area contributed by atoms with Gasteiger partial charge in [0.15, 0.2) is 32.9 Å². The fourth-order valence-corrected chi connectivity index (χ4v) is 5.17. The monoisotopic (exact) mass is 472 g/mol. The zero-order valence-electron chi connectivity index (χ0n) is 17.4. The van der Waals surface area contributed by atoms with Crippen molar-refractivity contribution in [2.75, 3.05) is 35.2 Å². The molecule has 0 spiro atoms. The summed E-state index contributed by atoms with van der Waals surface area (Å²) in [5.74, 6) is -2.06. The van der Waals surface area contributed by atoms with Crippen LogP contribution in [0.2, 0.25) is 0 Å². The van der Waals surface area contributed by atoms with Crippen LogP contribution in [0, 0.1) is 11.6 Å². The van der Waals surface area contributed by atoms with Crippen molar-refractivity contribution >= 4 is 43.8 Å². The molecule has 5 rings (SSSR count). The Kier molecular flexibility index (Phi) is 4.78. The second kappa shape index (κ2) is 7.44. The molecular formula is C21H18F2N6O3S. The topological polar surface area (TPSA) is 124 Å². The second-order valence-electron chi connectivity index (χ2n) is 7.87. The summed E-state index contributed by atoms with van der Waals surface area (Å²) in [5, 5.41) is 4.65. The Labute approximate surface area is 186 Å². The van der Waals surface area contributed by atoms with Gasteiger partial charge in [-0.1, -0.05) is 0 Å². The summed E-state index contributed by atoms with van der Waals surface area (Å²) >= 11 is 0. The number of nitrogens with zero attached hydrogens (tertiary/aromatic N) is 5. The highest BCUT2D eigenvalue weighted by molar-refractivity contribution is 7.91. The number of nitrogens with two attached hydrogens (primary N) is 1. The van der Waals surface area contributed by atoms with Crippen molar-refractivity contribution in [3.05, 3.63) is 47.8 Å². The summed E-state index contributed by atoms with van der Waals surface area (Å²) in [4.78, 5) is 23.0. The van der Waals surface area contributed by atoms with Crippen LogP contribution in [-0.2, 0) is 9.84 Å². The number of rotatable bonds is 3. The number of fused-ring (bicyclic) bond motifs is 2. The first kappa shape index (κ1) is 21.2. The Morgan fingerprint density at radius 1 is 1.09 bits per heavy atom. The maximum absolute atomic E-state index is 13.7.